The van der Waals surface area contributed by atoms with Gasteiger partial charge >= 0.3 is 5.97 Å². The second-order valence-corrected chi connectivity index (χ2v) is 9.41. The molecule has 2 aromatic rings. The molecule has 9 heteroatoms. The number of anilines is 1. The van der Waals surface area contributed by atoms with Gasteiger partial charge in [0.05, 0.1) is 24.5 Å². The molecule has 2 aliphatic heterocycles. The summed E-state index contributed by atoms with van der Waals surface area (Å²) in [6, 6.07) is 8.33. The number of nitrogens with zero attached hydrogens (tertiary/aromatic N) is 5. The summed E-state index contributed by atoms with van der Waals surface area (Å²) in [6.45, 7) is 5.19. The van der Waals surface area contributed by atoms with Gasteiger partial charge in [0.25, 0.3) is 0 Å². The molecule has 0 saturated carbocycles. The zero-order valence-electron chi connectivity index (χ0n) is 18.8. The van der Waals surface area contributed by atoms with E-state index in [4.69, 9.17) is 4.74 Å². The maximum absolute atomic E-state index is 12.8. The number of aromatic nitrogens is 3. The van der Waals surface area contributed by atoms with Crippen LogP contribution in [0.1, 0.15) is 37.7 Å². The average molecular weight is 458 g/mol. The standard InChI is InChI=1S/C23H31N5O3S/c1-17-6-8-19(9-7-17)28-22(27-12-4-3-5-13-27)24-25-23(28)32-16-20(29)26-14-10-18(11-15-26)21(30)31-2/h6-9,18H,3-5,10-16H2,1-2H3. The Kier molecular flexibility index (Phi) is 7.34. The smallest absolute Gasteiger partial charge is 0.308 e. The first-order valence-corrected chi connectivity index (χ1v) is 12.3. The molecule has 0 radical (unpaired) electrons. The van der Waals surface area contributed by atoms with Crippen molar-refractivity contribution < 1.29 is 14.3 Å². The number of carbonyl (C=O) groups is 2. The number of benzene rings is 1. The molecule has 3 heterocycles. The lowest BCUT2D eigenvalue weighted by Gasteiger charge is -2.30. The first-order chi connectivity index (χ1) is 15.6. The molecule has 2 aliphatic rings. The molecule has 0 unspecified atom stereocenters. The Balaban J connectivity index is 1.46. The normalized spacial score (nSPS) is 17.4. The Morgan fingerprint density at radius 2 is 1.72 bits per heavy atom. The van der Waals surface area contributed by atoms with Gasteiger partial charge < -0.3 is 14.5 Å². The number of amides is 1. The third-order valence-electron chi connectivity index (χ3n) is 6.25. The Hall–Kier alpha value is -2.55. The molecule has 0 spiro atoms. The summed E-state index contributed by atoms with van der Waals surface area (Å²) < 4.78 is 6.91. The summed E-state index contributed by atoms with van der Waals surface area (Å²) in [5, 5.41) is 9.69. The van der Waals surface area contributed by atoms with Gasteiger partial charge in [-0.15, -0.1) is 10.2 Å². The van der Waals surface area contributed by atoms with E-state index in [0.29, 0.717) is 31.7 Å². The monoisotopic (exact) mass is 457 g/mol. The highest BCUT2D eigenvalue weighted by atomic mass is 32.2. The van der Waals surface area contributed by atoms with Crippen LogP contribution in [0, 0.1) is 12.8 Å². The topological polar surface area (TPSA) is 80.6 Å². The van der Waals surface area contributed by atoms with E-state index < -0.39 is 0 Å². The molecule has 1 aromatic carbocycles. The summed E-state index contributed by atoms with van der Waals surface area (Å²) in [5.74, 6) is 0.933. The second-order valence-electron chi connectivity index (χ2n) is 8.47. The molecular formula is C23H31N5O3S. The molecule has 32 heavy (non-hydrogen) atoms. The second kappa shape index (κ2) is 10.4. The highest BCUT2D eigenvalue weighted by molar-refractivity contribution is 7.99. The highest BCUT2D eigenvalue weighted by Gasteiger charge is 2.28. The quantitative estimate of drug-likeness (QED) is 0.487. The Labute approximate surface area is 193 Å². The number of methoxy groups -OCH3 is 1. The van der Waals surface area contributed by atoms with Crippen LogP contribution in [-0.4, -0.2) is 70.6 Å². The zero-order valence-corrected chi connectivity index (χ0v) is 19.6. The third kappa shape index (κ3) is 5.09. The largest absolute Gasteiger partial charge is 0.469 e. The molecule has 0 atom stereocenters. The number of piperidine rings is 2. The number of hydrogen-bond acceptors (Lipinski definition) is 7. The van der Waals surface area contributed by atoms with Crippen molar-refractivity contribution in [2.45, 2.75) is 44.2 Å². The van der Waals surface area contributed by atoms with Gasteiger partial charge in [-0.3, -0.25) is 14.2 Å². The molecular weight excluding hydrogens is 426 g/mol. The van der Waals surface area contributed by atoms with Crippen molar-refractivity contribution in [3.8, 4) is 5.69 Å². The van der Waals surface area contributed by atoms with Crippen molar-refractivity contribution in [3.63, 3.8) is 0 Å². The number of hydrogen-bond donors (Lipinski definition) is 0. The SMILES string of the molecule is COC(=O)C1CCN(C(=O)CSc2nnc(N3CCCCC3)n2-c2ccc(C)cc2)CC1. The van der Waals surface area contributed by atoms with Crippen molar-refractivity contribution >= 4 is 29.6 Å². The Morgan fingerprint density at radius 1 is 1.03 bits per heavy atom. The molecule has 2 fully saturated rings. The average Bonchev–Trinajstić information content (AvgIpc) is 3.27. The first kappa shape index (κ1) is 22.6. The molecule has 8 nitrogen and oxygen atoms in total. The maximum atomic E-state index is 12.8. The number of aryl methyl sites for hydroxylation is 1. The van der Waals surface area contributed by atoms with Gasteiger partial charge in [0.1, 0.15) is 0 Å². The van der Waals surface area contributed by atoms with Crippen LogP contribution >= 0.6 is 11.8 Å². The molecule has 172 valence electrons. The third-order valence-corrected chi connectivity index (χ3v) is 7.17. The Morgan fingerprint density at radius 3 is 2.38 bits per heavy atom. The zero-order chi connectivity index (χ0) is 22.5. The predicted octanol–water partition coefficient (Wildman–Crippen LogP) is 3.07. The van der Waals surface area contributed by atoms with Gasteiger partial charge in [0, 0.05) is 26.2 Å². The van der Waals surface area contributed by atoms with E-state index in [9.17, 15) is 9.59 Å². The number of likely N-dealkylation sites (tertiary alicyclic amines) is 1. The number of ether oxygens (including phenoxy) is 1. The lowest BCUT2D eigenvalue weighted by atomic mass is 9.97. The fraction of sp³-hybridized carbons (Fsp3) is 0.565. The van der Waals surface area contributed by atoms with Gasteiger partial charge in [-0.25, -0.2) is 0 Å². The van der Waals surface area contributed by atoms with E-state index in [2.05, 4.69) is 50.9 Å². The maximum Gasteiger partial charge on any atom is 0.308 e. The number of rotatable bonds is 6. The summed E-state index contributed by atoms with van der Waals surface area (Å²) >= 11 is 1.42. The minimum atomic E-state index is -0.178. The summed E-state index contributed by atoms with van der Waals surface area (Å²) in [6.07, 6.45) is 4.87. The van der Waals surface area contributed by atoms with E-state index in [1.54, 1.807) is 0 Å². The van der Waals surface area contributed by atoms with E-state index in [1.165, 1.54) is 30.9 Å². The van der Waals surface area contributed by atoms with Gasteiger partial charge in [-0.1, -0.05) is 29.5 Å². The van der Waals surface area contributed by atoms with Crippen molar-refractivity contribution in [2.24, 2.45) is 5.92 Å². The minimum Gasteiger partial charge on any atom is -0.469 e. The van der Waals surface area contributed by atoms with Gasteiger partial charge in [-0.05, 0) is 51.2 Å². The molecule has 0 bridgehead atoms. The van der Waals surface area contributed by atoms with Crippen molar-refractivity contribution in [1.29, 1.82) is 0 Å². The van der Waals surface area contributed by atoms with Crippen molar-refractivity contribution in [1.82, 2.24) is 19.7 Å². The summed E-state index contributed by atoms with van der Waals surface area (Å²) in [7, 11) is 1.42. The fourth-order valence-electron chi connectivity index (χ4n) is 4.32. The molecule has 1 aromatic heterocycles. The van der Waals surface area contributed by atoms with Crippen molar-refractivity contribution in [2.75, 3.05) is 43.9 Å². The number of esters is 1. The van der Waals surface area contributed by atoms with Crippen LogP contribution < -0.4 is 4.90 Å². The number of carbonyl (C=O) groups excluding carboxylic acids is 2. The molecule has 2 saturated heterocycles. The molecule has 4 rings (SSSR count). The molecule has 0 aliphatic carbocycles. The lowest BCUT2D eigenvalue weighted by Crippen LogP contribution is -2.41. The van der Waals surface area contributed by atoms with Gasteiger partial charge in [0.15, 0.2) is 5.16 Å². The van der Waals surface area contributed by atoms with Crippen molar-refractivity contribution in [3.05, 3.63) is 29.8 Å². The van der Waals surface area contributed by atoms with Crippen LogP contribution in [0.5, 0.6) is 0 Å². The highest BCUT2D eigenvalue weighted by Crippen LogP contribution is 2.29. The van der Waals surface area contributed by atoms with Crippen LogP contribution in [0.4, 0.5) is 5.95 Å². The van der Waals surface area contributed by atoms with Crippen LogP contribution in [-0.2, 0) is 14.3 Å². The van der Waals surface area contributed by atoms with Crippen LogP contribution in [0.2, 0.25) is 0 Å². The van der Waals surface area contributed by atoms with Gasteiger partial charge in [-0.2, -0.15) is 0 Å². The van der Waals surface area contributed by atoms with Crippen LogP contribution in [0.3, 0.4) is 0 Å². The van der Waals surface area contributed by atoms with Gasteiger partial charge in [0.2, 0.25) is 11.9 Å². The van der Waals surface area contributed by atoms with E-state index >= 15 is 0 Å². The van der Waals surface area contributed by atoms with E-state index in [-0.39, 0.29) is 17.8 Å². The lowest BCUT2D eigenvalue weighted by molar-refractivity contribution is -0.148. The first-order valence-electron chi connectivity index (χ1n) is 11.3. The Bertz CT molecular complexity index is 932. The molecule has 0 N–H and O–H groups in total. The summed E-state index contributed by atoms with van der Waals surface area (Å²) in [4.78, 5) is 28.7. The number of thioether (sulfide) groups is 1. The van der Waals surface area contributed by atoms with Crippen LogP contribution in [0.15, 0.2) is 29.4 Å². The predicted molar refractivity (Wildman–Crippen MR) is 124 cm³/mol. The molecule has 1 amide bonds. The van der Waals surface area contributed by atoms with E-state index in [0.717, 1.165) is 42.7 Å². The summed E-state index contributed by atoms with van der Waals surface area (Å²) in [5.41, 5.74) is 2.20. The van der Waals surface area contributed by atoms with Crippen LogP contribution in [0.25, 0.3) is 5.69 Å². The fourth-order valence-corrected chi connectivity index (χ4v) is 5.17. The van der Waals surface area contributed by atoms with E-state index in [1.807, 2.05) is 4.90 Å². The minimum absolute atomic E-state index is 0.0660.